The van der Waals surface area contributed by atoms with Crippen molar-refractivity contribution < 1.29 is 13.2 Å². The number of sulfonamides is 1. The fraction of sp³-hybridized carbons (Fsp3) is 0.103. The van der Waals surface area contributed by atoms with Gasteiger partial charge in [0.25, 0.3) is 0 Å². The molecular formula is C29H25N3O4S. The van der Waals surface area contributed by atoms with Crippen LogP contribution in [0.2, 0.25) is 0 Å². The third-order valence-corrected chi connectivity index (χ3v) is 7.69. The number of benzene rings is 4. The molecule has 3 N–H and O–H groups in total. The zero-order valence-corrected chi connectivity index (χ0v) is 20.9. The van der Waals surface area contributed by atoms with E-state index in [1.54, 1.807) is 42.5 Å². The summed E-state index contributed by atoms with van der Waals surface area (Å²) < 4.78 is 28.8. The highest BCUT2D eigenvalue weighted by Gasteiger charge is 2.26. The summed E-state index contributed by atoms with van der Waals surface area (Å²) >= 11 is 0. The summed E-state index contributed by atoms with van der Waals surface area (Å²) in [5.74, 6) is -0.531. The zero-order chi connectivity index (χ0) is 26.0. The van der Waals surface area contributed by atoms with Gasteiger partial charge in [-0.15, -0.1) is 0 Å². The number of H-pyrrole nitrogens is 1. The number of carbonyl (C=O) groups is 1. The third kappa shape index (κ3) is 5.30. The van der Waals surface area contributed by atoms with Crippen LogP contribution >= 0.6 is 0 Å². The Morgan fingerprint density at radius 1 is 0.838 bits per heavy atom. The van der Waals surface area contributed by atoms with Crippen LogP contribution in [0.1, 0.15) is 11.1 Å². The maximum Gasteiger partial charge on any atom is 0.242 e. The number of carbonyl (C=O) groups excluding carboxylic acids is 1. The lowest BCUT2D eigenvalue weighted by molar-refractivity contribution is -0.117. The SMILES string of the molecule is Cc1ccc(S(=O)(=O)N[C@@H](Cc2ccccc2)C(=O)Nc2ccc3[nH]c4ccccc4c(=O)c3c2)cc1. The topological polar surface area (TPSA) is 108 Å². The summed E-state index contributed by atoms with van der Waals surface area (Å²) in [4.78, 5) is 29.7. The Kier molecular flexibility index (Phi) is 6.60. The predicted molar refractivity (Wildman–Crippen MR) is 146 cm³/mol. The van der Waals surface area contributed by atoms with Crippen molar-refractivity contribution in [3.63, 3.8) is 0 Å². The van der Waals surface area contributed by atoms with Gasteiger partial charge in [0.1, 0.15) is 6.04 Å². The number of pyridine rings is 1. The number of hydrogen-bond acceptors (Lipinski definition) is 4. The molecule has 0 spiro atoms. The lowest BCUT2D eigenvalue weighted by Gasteiger charge is -2.19. The number of fused-ring (bicyclic) bond motifs is 2. The van der Waals surface area contributed by atoms with Crippen molar-refractivity contribution in [1.82, 2.24) is 9.71 Å². The molecule has 37 heavy (non-hydrogen) atoms. The molecular weight excluding hydrogens is 486 g/mol. The molecule has 4 aromatic carbocycles. The number of aryl methyl sites for hydroxylation is 1. The first-order valence-electron chi connectivity index (χ1n) is 11.8. The average molecular weight is 512 g/mol. The summed E-state index contributed by atoms with van der Waals surface area (Å²) in [5, 5.41) is 3.77. The molecule has 186 valence electrons. The van der Waals surface area contributed by atoms with Crippen molar-refractivity contribution >= 4 is 43.4 Å². The van der Waals surface area contributed by atoms with E-state index in [0.29, 0.717) is 22.0 Å². The lowest BCUT2D eigenvalue weighted by Crippen LogP contribution is -2.45. The van der Waals surface area contributed by atoms with Gasteiger partial charge in [-0.25, -0.2) is 8.42 Å². The fourth-order valence-corrected chi connectivity index (χ4v) is 5.43. The van der Waals surface area contributed by atoms with Crippen LogP contribution < -0.4 is 15.5 Å². The Balaban J connectivity index is 1.46. The Hall–Kier alpha value is -4.27. The molecule has 0 radical (unpaired) electrons. The van der Waals surface area contributed by atoms with Crippen molar-refractivity contribution in [2.24, 2.45) is 0 Å². The van der Waals surface area contributed by atoms with Crippen molar-refractivity contribution in [1.29, 1.82) is 0 Å². The first kappa shape index (κ1) is 24.4. The number of aromatic amines is 1. The van der Waals surface area contributed by atoms with E-state index in [1.807, 2.05) is 49.4 Å². The molecule has 0 aliphatic heterocycles. The smallest absolute Gasteiger partial charge is 0.242 e. The molecule has 1 aromatic heterocycles. The van der Waals surface area contributed by atoms with Gasteiger partial charge < -0.3 is 10.3 Å². The summed E-state index contributed by atoms with van der Waals surface area (Å²) in [5.41, 5.74) is 3.34. The Morgan fingerprint density at radius 2 is 1.51 bits per heavy atom. The van der Waals surface area contributed by atoms with E-state index in [0.717, 1.165) is 16.6 Å². The van der Waals surface area contributed by atoms with Gasteiger partial charge in [0.15, 0.2) is 5.43 Å². The molecule has 0 aliphatic carbocycles. The maximum atomic E-state index is 13.4. The molecule has 1 heterocycles. The van der Waals surface area contributed by atoms with Crippen LogP contribution in [0.25, 0.3) is 21.8 Å². The largest absolute Gasteiger partial charge is 0.354 e. The molecule has 0 bridgehead atoms. The second-order valence-electron chi connectivity index (χ2n) is 8.93. The fourth-order valence-electron chi connectivity index (χ4n) is 4.24. The first-order valence-corrected chi connectivity index (χ1v) is 13.3. The molecule has 5 aromatic rings. The molecule has 1 amide bonds. The Morgan fingerprint density at radius 3 is 2.27 bits per heavy atom. The van der Waals surface area contributed by atoms with E-state index < -0.39 is 22.0 Å². The van der Waals surface area contributed by atoms with Gasteiger partial charge in [-0.3, -0.25) is 9.59 Å². The van der Waals surface area contributed by atoms with E-state index >= 15 is 0 Å². The second kappa shape index (κ2) is 10.0. The number of nitrogens with one attached hydrogen (secondary N) is 3. The quantitative estimate of drug-likeness (QED) is 0.279. The van der Waals surface area contributed by atoms with Crippen molar-refractivity contribution in [2.75, 3.05) is 5.32 Å². The van der Waals surface area contributed by atoms with Crippen molar-refractivity contribution in [2.45, 2.75) is 24.3 Å². The number of anilines is 1. The molecule has 8 heteroatoms. The Labute approximate surface area is 214 Å². The lowest BCUT2D eigenvalue weighted by atomic mass is 10.1. The number of hydrogen-bond donors (Lipinski definition) is 3. The number of rotatable bonds is 7. The van der Waals surface area contributed by atoms with Gasteiger partial charge >= 0.3 is 0 Å². The van der Waals surface area contributed by atoms with Crippen LogP contribution in [0.4, 0.5) is 5.69 Å². The maximum absolute atomic E-state index is 13.4. The molecule has 1 atom stereocenters. The molecule has 0 fully saturated rings. The van der Waals surface area contributed by atoms with Gasteiger partial charge in [-0.2, -0.15) is 4.72 Å². The zero-order valence-electron chi connectivity index (χ0n) is 20.1. The van der Waals surface area contributed by atoms with Crippen LogP contribution in [0.5, 0.6) is 0 Å². The highest BCUT2D eigenvalue weighted by molar-refractivity contribution is 7.89. The van der Waals surface area contributed by atoms with E-state index in [-0.39, 0.29) is 16.7 Å². The average Bonchev–Trinajstić information content (AvgIpc) is 2.89. The van der Waals surface area contributed by atoms with Crippen molar-refractivity contribution in [3.8, 4) is 0 Å². The predicted octanol–water partition coefficient (Wildman–Crippen LogP) is 4.52. The van der Waals surface area contributed by atoms with Gasteiger partial charge in [-0.05, 0) is 61.4 Å². The van der Waals surface area contributed by atoms with E-state index in [9.17, 15) is 18.0 Å². The summed E-state index contributed by atoms with van der Waals surface area (Å²) in [6.45, 7) is 1.87. The highest BCUT2D eigenvalue weighted by atomic mass is 32.2. The van der Waals surface area contributed by atoms with Crippen molar-refractivity contribution in [3.05, 3.63) is 118 Å². The first-order chi connectivity index (χ1) is 17.8. The standard InChI is InChI=1S/C29H25N3O4S/c1-19-11-14-22(15-12-19)37(35,36)32-27(17-20-7-3-2-4-8-20)29(34)30-21-13-16-26-24(18-21)28(33)23-9-5-6-10-25(23)31-26/h2-16,18,27,32H,17H2,1H3,(H,30,34)(H,31,33)/t27-/m0/s1. The van der Waals surface area contributed by atoms with Crippen LogP contribution in [-0.2, 0) is 21.2 Å². The van der Waals surface area contributed by atoms with E-state index in [2.05, 4.69) is 15.0 Å². The summed E-state index contributed by atoms with van der Waals surface area (Å²) in [6.07, 6.45) is 0.149. The monoisotopic (exact) mass is 511 g/mol. The van der Waals surface area contributed by atoms with Gasteiger partial charge in [0.05, 0.1) is 4.90 Å². The minimum Gasteiger partial charge on any atom is -0.354 e. The summed E-state index contributed by atoms with van der Waals surface area (Å²) in [6, 6.07) is 26.8. The van der Waals surface area contributed by atoms with Crippen LogP contribution in [0.3, 0.4) is 0 Å². The molecule has 7 nitrogen and oxygen atoms in total. The third-order valence-electron chi connectivity index (χ3n) is 6.20. The van der Waals surface area contributed by atoms with E-state index in [4.69, 9.17) is 0 Å². The van der Waals surface area contributed by atoms with Crippen LogP contribution in [-0.4, -0.2) is 25.4 Å². The molecule has 0 saturated heterocycles. The van der Waals surface area contributed by atoms with Crippen LogP contribution in [0.15, 0.2) is 107 Å². The van der Waals surface area contributed by atoms with Gasteiger partial charge in [0.2, 0.25) is 15.9 Å². The normalized spacial score (nSPS) is 12.5. The second-order valence-corrected chi connectivity index (χ2v) is 10.6. The van der Waals surface area contributed by atoms with Gasteiger partial charge in [0, 0.05) is 27.5 Å². The minimum absolute atomic E-state index is 0.0769. The number of amides is 1. The summed E-state index contributed by atoms with van der Waals surface area (Å²) in [7, 11) is -3.97. The van der Waals surface area contributed by atoms with E-state index in [1.165, 1.54) is 12.1 Å². The molecule has 0 saturated carbocycles. The molecule has 0 unspecified atom stereocenters. The minimum atomic E-state index is -3.97. The van der Waals surface area contributed by atoms with Gasteiger partial charge in [-0.1, -0.05) is 60.2 Å². The molecule has 5 rings (SSSR count). The number of aromatic nitrogens is 1. The Bertz CT molecular complexity index is 1760. The molecule has 0 aliphatic rings. The van der Waals surface area contributed by atoms with Crippen LogP contribution in [0, 0.1) is 6.92 Å². The number of para-hydroxylation sites is 1. The highest BCUT2D eigenvalue weighted by Crippen LogP contribution is 2.20.